The lowest BCUT2D eigenvalue weighted by atomic mass is 10.1. The van der Waals surface area contributed by atoms with Crippen molar-refractivity contribution in [2.24, 2.45) is 0 Å². The molecule has 2 saturated heterocycles. The van der Waals surface area contributed by atoms with Gasteiger partial charge in [-0.1, -0.05) is 23.4 Å². The van der Waals surface area contributed by atoms with E-state index in [1.807, 2.05) is 17.9 Å². The highest BCUT2D eigenvalue weighted by Gasteiger charge is 2.30. The number of halogens is 2. The summed E-state index contributed by atoms with van der Waals surface area (Å²) >= 11 is 6.34. The van der Waals surface area contributed by atoms with Gasteiger partial charge in [-0.25, -0.2) is 9.37 Å². The normalized spacial score (nSPS) is 17.5. The molecule has 2 aromatic heterocycles. The zero-order chi connectivity index (χ0) is 28.8. The fourth-order valence-electron chi connectivity index (χ4n) is 4.64. The summed E-state index contributed by atoms with van der Waals surface area (Å²) in [7, 11) is 0. The first-order valence-electron chi connectivity index (χ1n) is 13.3. The lowest BCUT2D eigenvalue weighted by Gasteiger charge is -2.36. The van der Waals surface area contributed by atoms with Crippen LogP contribution in [0.1, 0.15) is 27.2 Å². The Morgan fingerprint density at radius 1 is 1.07 bits per heavy atom. The molecule has 0 aliphatic carbocycles. The number of amides is 2. The molecule has 0 bridgehead atoms. The lowest BCUT2D eigenvalue weighted by molar-refractivity contribution is -0.159. The van der Waals surface area contributed by atoms with E-state index in [0.717, 1.165) is 5.56 Å². The Balaban J connectivity index is 1.15. The van der Waals surface area contributed by atoms with Crippen LogP contribution in [0.25, 0.3) is 0 Å². The van der Waals surface area contributed by atoms with Crippen LogP contribution in [0.5, 0.6) is 0 Å². The van der Waals surface area contributed by atoms with Crippen LogP contribution in [-0.4, -0.2) is 95.0 Å². The third-order valence-electron chi connectivity index (χ3n) is 6.92. The number of pyridine rings is 1. The van der Waals surface area contributed by atoms with E-state index in [9.17, 15) is 14.0 Å². The van der Waals surface area contributed by atoms with E-state index >= 15 is 0 Å². The Kier molecular flexibility index (Phi) is 9.26. The smallest absolute Gasteiger partial charge is 0.276 e. The Morgan fingerprint density at radius 2 is 1.83 bits per heavy atom. The fourth-order valence-corrected chi connectivity index (χ4v) is 4.87. The SMILES string of the molecule is Cc1cc(C#Cc2ccc(F)cc2)cnc1NC(=O)c1c(Cl)cnn1CCN1CCN(C(=O)C2COCCO2)CC1. The van der Waals surface area contributed by atoms with Crippen LogP contribution < -0.4 is 5.32 Å². The Morgan fingerprint density at radius 3 is 2.54 bits per heavy atom. The number of nitrogens with one attached hydrogen (secondary N) is 1. The predicted octanol–water partition coefficient (Wildman–Crippen LogP) is 2.59. The molecule has 2 aliphatic rings. The molecule has 12 heteroatoms. The molecule has 3 aromatic rings. The van der Waals surface area contributed by atoms with Crippen molar-refractivity contribution in [1.29, 1.82) is 0 Å². The molecule has 2 aliphatic heterocycles. The van der Waals surface area contributed by atoms with E-state index in [1.54, 1.807) is 23.0 Å². The third-order valence-corrected chi connectivity index (χ3v) is 7.20. The summed E-state index contributed by atoms with van der Waals surface area (Å²) in [5.41, 5.74) is 2.32. The summed E-state index contributed by atoms with van der Waals surface area (Å²) in [6.45, 7) is 6.78. The van der Waals surface area contributed by atoms with Crippen LogP contribution in [0.4, 0.5) is 10.2 Å². The largest absolute Gasteiger partial charge is 0.376 e. The first kappa shape index (κ1) is 28.7. The summed E-state index contributed by atoms with van der Waals surface area (Å²) < 4.78 is 25.6. The zero-order valence-electron chi connectivity index (χ0n) is 22.6. The van der Waals surface area contributed by atoms with E-state index in [1.165, 1.54) is 18.3 Å². The quantitative estimate of drug-likeness (QED) is 0.447. The molecule has 0 spiro atoms. The summed E-state index contributed by atoms with van der Waals surface area (Å²) in [4.78, 5) is 34.2. The summed E-state index contributed by atoms with van der Waals surface area (Å²) in [6, 6.07) is 7.74. The predicted molar refractivity (Wildman–Crippen MR) is 150 cm³/mol. The molecule has 5 rings (SSSR count). The van der Waals surface area contributed by atoms with Gasteiger partial charge in [-0.05, 0) is 42.8 Å². The topological polar surface area (TPSA) is 102 Å². The summed E-state index contributed by atoms with van der Waals surface area (Å²) in [5, 5.41) is 7.37. The van der Waals surface area contributed by atoms with Gasteiger partial charge < -0.3 is 19.7 Å². The van der Waals surface area contributed by atoms with Gasteiger partial charge in [0.15, 0.2) is 6.10 Å². The Labute approximate surface area is 242 Å². The average molecular weight is 581 g/mol. The van der Waals surface area contributed by atoms with Gasteiger partial charge in [-0.15, -0.1) is 0 Å². The Bertz CT molecular complexity index is 1450. The molecule has 1 N–H and O–H groups in total. The van der Waals surface area contributed by atoms with E-state index in [0.29, 0.717) is 76.0 Å². The lowest BCUT2D eigenvalue weighted by Crippen LogP contribution is -2.53. The number of carbonyl (C=O) groups excluding carboxylic acids is 2. The van der Waals surface area contributed by atoms with Crippen LogP contribution in [0.2, 0.25) is 5.02 Å². The molecule has 1 aromatic carbocycles. The van der Waals surface area contributed by atoms with Gasteiger partial charge >= 0.3 is 0 Å². The van der Waals surface area contributed by atoms with Gasteiger partial charge in [-0.2, -0.15) is 5.10 Å². The number of hydrogen-bond acceptors (Lipinski definition) is 7. The molecule has 1 atom stereocenters. The van der Waals surface area contributed by atoms with Crippen molar-refractivity contribution >= 4 is 29.2 Å². The van der Waals surface area contributed by atoms with E-state index in [2.05, 4.69) is 32.1 Å². The van der Waals surface area contributed by atoms with Crippen molar-refractivity contribution in [2.75, 3.05) is 57.9 Å². The van der Waals surface area contributed by atoms with Crippen molar-refractivity contribution in [3.63, 3.8) is 0 Å². The third kappa shape index (κ3) is 7.28. The van der Waals surface area contributed by atoms with Crippen molar-refractivity contribution in [3.05, 3.63) is 75.9 Å². The molecule has 4 heterocycles. The minimum absolute atomic E-state index is 0.0287. The van der Waals surface area contributed by atoms with Crippen molar-refractivity contribution < 1.29 is 23.5 Å². The highest BCUT2D eigenvalue weighted by Crippen LogP contribution is 2.19. The summed E-state index contributed by atoms with van der Waals surface area (Å²) in [5.74, 6) is 5.59. The van der Waals surface area contributed by atoms with Crippen LogP contribution in [0.15, 0.2) is 42.7 Å². The number of ether oxygens (including phenoxy) is 2. The molecule has 2 fully saturated rings. The van der Waals surface area contributed by atoms with Crippen molar-refractivity contribution in [2.45, 2.75) is 19.6 Å². The highest BCUT2D eigenvalue weighted by molar-refractivity contribution is 6.34. The summed E-state index contributed by atoms with van der Waals surface area (Å²) in [6.07, 6.45) is 2.50. The molecule has 2 amide bonds. The molecular weight excluding hydrogens is 551 g/mol. The number of aromatic nitrogens is 3. The second-order valence-corrected chi connectivity index (χ2v) is 10.2. The number of nitrogens with zero attached hydrogens (tertiary/aromatic N) is 5. The molecule has 0 saturated carbocycles. The maximum Gasteiger partial charge on any atom is 0.276 e. The Hall–Kier alpha value is -3.82. The van der Waals surface area contributed by atoms with Gasteiger partial charge in [0.05, 0.1) is 37.6 Å². The standard InChI is InChI=1S/C29H30ClFN6O4/c1-20-16-22(3-2-21-4-6-23(31)7-5-21)17-32-27(20)34-28(38)26-24(30)18-33-37(26)13-10-35-8-11-36(12-9-35)29(39)25-19-40-14-15-41-25/h4-7,16-18,25H,8-15,19H2,1H3,(H,32,34,38). The molecule has 214 valence electrons. The van der Waals surface area contributed by atoms with Crippen LogP contribution in [0.3, 0.4) is 0 Å². The minimum Gasteiger partial charge on any atom is -0.376 e. The second-order valence-electron chi connectivity index (χ2n) is 9.77. The number of hydrogen-bond donors (Lipinski definition) is 1. The van der Waals surface area contributed by atoms with Gasteiger partial charge in [0, 0.05) is 50.0 Å². The van der Waals surface area contributed by atoms with Gasteiger partial charge in [0.1, 0.15) is 17.3 Å². The first-order chi connectivity index (χ1) is 19.9. The van der Waals surface area contributed by atoms with Crippen molar-refractivity contribution in [1.82, 2.24) is 24.6 Å². The fraction of sp³-hybridized carbons (Fsp3) is 0.379. The molecule has 41 heavy (non-hydrogen) atoms. The highest BCUT2D eigenvalue weighted by atomic mass is 35.5. The maximum atomic E-state index is 13.2. The first-order valence-corrected chi connectivity index (χ1v) is 13.7. The number of benzene rings is 1. The zero-order valence-corrected chi connectivity index (χ0v) is 23.4. The van der Waals surface area contributed by atoms with E-state index in [-0.39, 0.29) is 22.4 Å². The van der Waals surface area contributed by atoms with Gasteiger partial charge in [0.25, 0.3) is 11.8 Å². The average Bonchev–Trinajstić information content (AvgIpc) is 3.37. The maximum absolute atomic E-state index is 13.2. The van der Waals surface area contributed by atoms with Crippen molar-refractivity contribution in [3.8, 4) is 11.8 Å². The van der Waals surface area contributed by atoms with Crippen LogP contribution in [0, 0.1) is 24.6 Å². The van der Waals surface area contributed by atoms with E-state index < -0.39 is 12.0 Å². The van der Waals surface area contributed by atoms with Crippen LogP contribution >= 0.6 is 11.6 Å². The van der Waals surface area contributed by atoms with Gasteiger partial charge in [0.2, 0.25) is 0 Å². The molecule has 1 unspecified atom stereocenters. The molecular formula is C29H30ClFN6O4. The minimum atomic E-state index is -0.522. The number of aryl methyl sites for hydroxylation is 1. The number of piperazine rings is 1. The number of anilines is 1. The van der Waals surface area contributed by atoms with Crippen LogP contribution in [-0.2, 0) is 20.8 Å². The number of carbonyl (C=O) groups is 2. The monoisotopic (exact) mass is 580 g/mol. The molecule has 10 nitrogen and oxygen atoms in total. The second kappa shape index (κ2) is 13.2. The molecule has 0 radical (unpaired) electrons. The van der Waals surface area contributed by atoms with Gasteiger partial charge in [-0.3, -0.25) is 19.2 Å². The number of rotatable bonds is 6. The van der Waals surface area contributed by atoms with E-state index in [4.69, 9.17) is 21.1 Å².